The second-order valence-electron chi connectivity index (χ2n) is 6.69. The van der Waals surface area contributed by atoms with Crippen LogP contribution in [0.4, 0.5) is 0 Å². The molecular weight excluding hydrogens is 346 g/mol. The Balaban J connectivity index is 1.43. The van der Waals surface area contributed by atoms with E-state index in [4.69, 9.17) is 0 Å². The minimum Gasteiger partial charge on any atom is -0.346 e. The van der Waals surface area contributed by atoms with Gasteiger partial charge in [-0.05, 0) is 47.0 Å². The van der Waals surface area contributed by atoms with E-state index in [9.17, 15) is 4.79 Å². The number of hydrogen-bond acceptors (Lipinski definition) is 2. The van der Waals surface area contributed by atoms with E-state index in [2.05, 4.69) is 28.5 Å². The van der Waals surface area contributed by atoms with E-state index in [-0.39, 0.29) is 11.9 Å². The van der Waals surface area contributed by atoms with Crippen LogP contribution in [-0.4, -0.2) is 15.5 Å². The number of carbonyl (C=O) groups is 1. The fourth-order valence-electron chi connectivity index (χ4n) is 3.25. The van der Waals surface area contributed by atoms with Crippen LogP contribution in [0.2, 0.25) is 0 Å². The standard InChI is InChI=1S/C24H21N3O/c1-18(19-9-12-22(13-10-19)27-16-15-25-17-27)26-24(28)14-11-21-7-4-6-20-5-2-3-8-23(20)21/h2-18H,1H3,(H,26,28)/b14-11+. The second-order valence-corrected chi connectivity index (χ2v) is 6.69. The van der Waals surface area contributed by atoms with E-state index < -0.39 is 0 Å². The van der Waals surface area contributed by atoms with Crippen molar-refractivity contribution in [3.8, 4) is 5.69 Å². The first-order chi connectivity index (χ1) is 13.7. The molecule has 3 aromatic carbocycles. The highest BCUT2D eigenvalue weighted by Gasteiger charge is 2.08. The molecule has 4 heteroatoms. The molecule has 1 aromatic heterocycles. The molecule has 1 amide bonds. The maximum Gasteiger partial charge on any atom is 0.244 e. The molecule has 0 saturated heterocycles. The van der Waals surface area contributed by atoms with Crippen LogP contribution in [0.1, 0.15) is 24.1 Å². The molecule has 138 valence electrons. The lowest BCUT2D eigenvalue weighted by molar-refractivity contribution is -0.117. The molecule has 0 spiro atoms. The van der Waals surface area contributed by atoms with E-state index in [0.717, 1.165) is 27.6 Å². The molecule has 4 nitrogen and oxygen atoms in total. The van der Waals surface area contributed by atoms with Crippen molar-refractivity contribution in [2.75, 3.05) is 0 Å². The zero-order valence-corrected chi connectivity index (χ0v) is 15.6. The smallest absolute Gasteiger partial charge is 0.244 e. The molecule has 1 atom stereocenters. The summed E-state index contributed by atoms with van der Waals surface area (Å²) >= 11 is 0. The van der Waals surface area contributed by atoms with Crippen LogP contribution in [0.5, 0.6) is 0 Å². The molecule has 0 aliphatic carbocycles. The van der Waals surface area contributed by atoms with Crippen molar-refractivity contribution in [3.63, 3.8) is 0 Å². The molecule has 1 N–H and O–H groups in total. The summed E-state index contributed by atoms with van der Waals surface area (Å²) in [5.41, 5.74) is 3.12. The van der Waals surface area contributed by atoms with Gasteiger partial charge >= 0.3 is 0 Å². The number of nitrogens with one attached hydrogen (secondary N) is 1. The first-order valence-electron chi connectivity index (χ1n) is 9.25. The fraction of sp³-hybridized carbons (Fsp3) is 0.0833. The summed E-state index contributed by atoms with van der Waals surface area (Å²) in [5, 5.41) is 5.32. The number of rotatable bonds is 5. The summed E-state index contributed by atoms with van der Waals surface area (Å²) in [6.45, 7) is 1.98. The molecule has 0 radical (unpaired) electrons. The van der Waals surface area contributed by atoms with Gasteiger partial charge in [-0.3, -0.25) is 4.79 Å². The first-order valence-corrected chi connectivity index (χ1v) is 9.25. The molecule has 1 heterocycles. The van der Waals surface area contributed by atoms with Gasteiger partial charge in [-0.15, -0.1) is 0 Å². The van der Waals surface area contributed by atoms with Gasteiger partial charge in [-0.1, -0.05) is 54.6 Å². The van der Waals surface area contributed by atoms with Gasteiger partial charge in [0.15, 0.2) is 0 Å². The number of aromatic nitrogens is 2. The Labute approximate surface area is 164 Å². The maximum atomic E-state index is 12.4. The minimum absolute atomic E-state index is 0.0819. The van der Waals surface area contributed by atoms with Crippen LogP contribution in [-0.2, 0) is 4.79 Å². The van der Waals surface area contributed by atoms with Crippen LogP contribution in [0.3, 0.4) is 0 Å². The SMILES string of the molecule is CC(NC(=O)/C=C/c1cccc2ccccc12)c1ccc(-n2ccnc2)cc1. The predicted octanol–water partition coefficient (Wildman–Crippen LogP) is 4.92. The van der Waals surface area contributed by atoms with E-state index in [0.29, 0.717) is 0 Å². The third-order valence-corrected chi connectivity index (χ3v) is 4.79. The molecule has 0 saturated carbocycles. The highest BCUT2D eigenvalue weighted by atomic mass is 16.1. The molecule has 0 aliphatic rings. The molecule has 4 rings (SSSR count). The Bertz CT molecular complexity index is 1110. The van der Waals surface area contributed by atoms with Crippen molar-refractivity contribution < 1.29 is 4.79 Å². The van der Waals surface area contributed by atoms with Gasteiger partial charge in [-0.2, -0.15) is 0 Å². The monoisotopic (exact) mass is 367 g/mol. The zero-order chi connectivity index (χ0) is 19.3. The highest BCUT2D eigenvalue weighted by molar-refractivity contribution is 5.96. The van der Waals surface area contributed by atoms with Gasteiger partial charge in [0.1, 0.15) is 0 Å². The Kier molecular flexibility index (Phi) is 5.02. The summed E-state index contributed by atoms with van der Waals surface area (Å²) in [6.07, 6.45) is 8.88. The van der Waals surface area contributed by atoms with Crippen molar-refractivity contribution in [3.05, 3.63) is 103 Å². The number of benzene rings is 3. The molecule has 28 heavy (non-hydrogen) atoms. The van der Waals surface area contributed by atoms with Crippen molar-refractivity contribution >= 4 is 22.8 Å². The summed E-state index contributed by atoms with van der Waals surface area (Å²) in [5.74, 6) is -0.112. The van der Waals surface area contributed by atoms with Crippen LogP contribution in [0.15, 0.2) is 91.5 Å². The Morgan fingerprint density at radius 1 is 1.04 bits per heavy atom. The Hall–Kier alpha value is -3.66. The van der Waals surface area contributed by atoms with E-state index in [1.54, 1.807) is 18.6 Å². The normalized spacial score (nSPS) is 12.3. The largest absolute Gasteiger partial charge is 0.346 e. The quantitative estimate of drug-likeness (QED) is 0.509. The Morgan fingerprint density at radius 2 is 1.82 bits per heavy atom. The molecule has 4 aromatic rings. The van der Waals surface area contributed by atoms with E-state index in [1.807, 2.05) is 72.3 Å². The summed E-state index contributed by atoms with van der Waals surface area (Å²) in [4.78, 5) is 16.4. The first kappa shape index (κ1) is 17.7. The molecular formula is C24H21N3O. The van der Waals surface area contributed by atoms with Crippen LogP contribution < -0.4 is 5.32 Å². The van der Waals surface area contributed by atoms with Crippen LogP contribution in [0, 0.1) is 0 Å². The van der Waals surface area contributed by atoms with Crippen molar-refractivity contribution in [2.24, 2.45) is 0 Å². The highest BCUT2D eigenvalue weighted by Crippen LogP contribution is 2.20. The summed E-state index contributed by atoms with van der Waals surface area (Å²) in [7, 11) is 0. The number of amides is 1. The van der Waals surface area contributed by atoms with Crippen molar-refractivity contribution in [1.29, 1.82) is 0 Å². The van der Waals surface area contributed by atoms with Gasteiger partial charge < -0.3 is 9.88 Å². The number of hydrogen-bond donors (Lipinski definition) is 1. The Morgan fingerprint density at radius 3 is 2.61 bits per heavy atom. The van der Waals surface area contributed by atoms with Gasteiger partial charge in [0.05, 0.1) is 12.4 Å². The third kappa shape index (κ3) is 3.86. The van der Waals surface area contributed by atoms with Crippen LogP contribution in [0.25, 0.3) is 22.5 Å². The van der Waals surface area contributed by atoms with Gasteiger partial charge in [0.2, 0.25) is 5.91 Å². The lowest BCUT2D eigenvalue weighted by Crippen LogP contribution is -2.24. The maximum absolute atomic E-state index is 12.4. The predicted molar refractivity (Wildman–Crippen MR) is 113 cm³/mol. The number of fused-ring (bicyclic) bond motifs is 1. The molecule has 0 bridgehead atoms. The van der Waals surface area contributed by atoms with E-state index >= 15 is 0 Å². The summed E-state index contributed by atoms with van der Waals surface area (Å²) in [6, 6.07) is 22.3. The topological polar surface area (TPSA) is 46.9 Å². The van der Waals surface area contributed by atoms with Gasteiger partial charge in [-0.25, -0.2) is 4.98 Å². The minimum atomic E-state index is -0.112. The average Bonchev–Trinajstić information content (AvgIpc) is 3.27. The number of imidazole rings is 1. The van der Waals surface area contributed by atoms with Crippen molar-refractivity contribution in [1.82, 2.24) is 14.9 Å². The average molecular weight is 367 g/mol. The number of nitrogens with zero attached hydrogens (tertiary/aromatic N) is 2. The lowest BCUT2D eigenvalue weighted by Gasteiger charge is -2.14. The van der Waals surface area contributed by atoms with Crippen molar-refractivity contribution in [2.45, 2.75) is 13.0 Å². The van der Waals surface area contributed by atoms with Gasteiger partial charge in [0, 0.05) is 24.2 Å². The molecule has 0 fully saturated rings. The third-order valence-electron chi connectivity index (χ3n) is 4.79. The van der Waals surface area contributed by atoms with Crippen LogP contribution >= 0.6 is 0 Å². The van der Waals surface area contributed by atoms with Gasteiger partial charge in [0.25, 0.3) is 0 Å². The molecule has 1 unspecified atom stereocenters. The second kappa shape index (κ2) is 7.92. The van der Waals surface area contributed by atoms with E-state index in [1.165, 1.54) is 0 Å². The fourth-order valence-corrected chi connectivity index (χ4v) is 3.25. The molecule has 0 aliphatic heterocycles. The summed E-state index contributed by atoms with van der Waals surface area (Å²) < 4.78 is 1.94. The zero-order valence-electron chi connectivity index (χ0n) is 15.6. The lowest BCUT2D eigenvalue weighted by atomic mass is 10.0. The number of carbonyl (C=O) groups excluding carboxylic acids is 1.